The van der Waals surface area contributed by atoms with Gasteiger partial charge in [-0.2, -0.15) is 5.10 Å². The van der Waals surface area contributed by atoms with Gasteiger partial charge in [-0.05, 0) is 45.0 Å². The Morgan fingerprint density at radius 3 is 2.76 bits per heavy atom. The summed E-state index contributed by atoms with van der Waals surface area (Å²) in [5.74, 6) is 1.39. The van der Waals surface area contributed by atoms with E-state index in [2.05, 4.69) is 35.7 Å². The third-order valence-electron chi connectivity index (χ3n) is 6.24. The van der Waals surface area contributed by atoms with Crippen molar-refractivity contribution in [2.24, 2.45) is 0 Å². The Balaban J connectivity index is 1.38. The molecule has 0 radical (unpaired) electrons. The third kappa shape index (κ3) is 3.99. The smallest absolute Gasteiger partial charge is 0.319 e. The largest absolute Gasteiger partial charge is 0.330 e. The quantitative estimate of drug-likeness (QED) is 0.385. The second kappa shape index (κ2) is 8.69. The minimum atomic E-state index is -0.546. The normalized spacial score (nSPS) is 15.5. The van der Waals surface area contributed by atoms with Crippen LogP contribution >= 0.6 is 11.3 Å². The number of nitrogens with zero attached hydrogens (tertiary/aromatic N) is 5. The topological polar surface area (TPSA) is 102 Å². The van der Waals surface area contributed by atoms with Crippen LogP contribution in [0.4, 0.5) is 16.4 Å². The zero-order chi connectivity index (χ0) is 23.9. The van der Waals surface area contributed by atoms with Crippen molar-refractivity contribution < 1.29 is 4.79 Å². The number of urea groups is 1. The lowest BCUT2D eigenvalue weighted by Crippen LogP contribution is -2.48. The number of fused-ring (bicyclic) bond motifs is 2. The van der Waals surface area contributed by atoms with Crippen LogP contribution < -0.4 is 10.6 Å². The Bertz CT molecular complexity index is 1310. The summed E-state index contributed by atoms with van der Waals surface area (Å²) in [5, 5.41) is 16.3. The maximum atomic E-state index is 13.5. The van der Waals surface area contributed by atoms with Gasteiger partial charge >= 0.3 is 6.03 Å². The number of likely N-dealkylation sites (N-methyl/N-ethyl adjacent to an activating group) is 1. The molecular weight excluding hydrogens is 448 g/mol. The molecular formula is C24H28N8OS. The summed E-state index contributed by atoms with van der Waals surface area (Å²) in [6.07, 6.45) is 1.54. The molecule has 0 aliphatic carbocycles. The van der Waals surface area contributed by atoms with Gasteiger partial charge in [-0.15, -0.1) is 11.3 Å². The van der Waals surface area contributed by atoms with Crippen LogP contribution in [0, 0.1) is 0 Å². The average molecular weight is 477 g/mol. The maximum Gasteiger partial charge on any atom is 0.319 e. The van der Waals surface area contributed by atoms with E-state index in [9.17, 15) is 4.79 Å². The molecule has 0 fully saturated rings. The summed E-state index contributed by atoms with van der Waals surface area (Å²) < 4.78 is 0.973. The molecule has 176 valence electrons. The lowest BCUT2D eigenvalue weighted by Gasteiger charge is -2.34. The highest BCUT2D eigenvalue weighted by atomic mass is 32.1. The summed E-state index contributed by atoms with van der Waals surface area (Å²) in [7, 11) is 4.02. The second-order valence-corrected chi connectivity index (χ2v) is 10.1. The molecule has 0 saturated heterocycles. The fourth-order valence-electron chi connectivity index (χ4n) is 4.45. The number of carbonyl (C=O) groups excluding carboxylic acids is 1. The molecule has 0 spiro atoms. The number of nitrogens with one attached hydrogen (secondary N) is 3. The number of aromatic nitrogens is 4. The van der Waals surface area contributed by atoms with Crippen molar-refractivity contribution in [3.05, 3.63) is 64.9 Å². The van der Waals surface area contributed by atoms with Gasteiger partial charge in [0.25, 0.3) is 0 Å². The first-order chi connectivity index (χ1) is 16.3. The molecule has 10 heteroatoms. The van der Waals surface area contributed by atoms with Crippen LogP contribution in [0.25, 0.3) is 10.2 Å². The first kappa shape index (κ1) is 22.3. The molecule has 1 aliphatic heterocycles. The highest BCUT2D eigenvalue weighted by Gasteiger charge is 2.44. The molecule has 3 N–H and O–H groups in total. The second-order valence-electron chi connectivity index (χ2n) is 9.23. The van der Waals surface area contributed by atoms with Crippen LogP contribution in [0.3, 0.4) is 0 Å². The monoisotopic (exact) mass is 476 g/mol. The van der Waals surface area contributed by atoms with Crippen LogP contribution in [0.5, 0.6) is 0 Å². The molecule has 0 bridgehead atoms. The Morgan fingerprint density at radius 2 is 2.00 bits per heavy atom. The number of amides is 2. The van der Waals surface area contributed by atoms with Gasteiger partial charge in [-0.3, -0.25) is 5.10 Å². The van der Waals surface area contributed by atoms with E-state index in [-0.39, 0.29) is 12.1 Å². The Labute approximate surface area is 202 Å². The van der Waals surface area contributed by atoms with E-state index >= 15 is 0 Å². The third-order valence-corrected chi connectivity index (χ3v) is 7.15. The van der Waals surface area contributed by atoms with E-state index in [0.717, 1.165) is 27.0 Å². The van der Waals surface area contributed by atoms with E-state index in [0.29, 0.717) is 24.7 Å². The first-order valence-electron chi connectivity index (χ1n) is 11.2. The summed E-state index contributed by atoms with van der Waals surface area (Å²) in [5.41, 5.74) is 3.31. The SMILES string of the molecule is CN(C)C[C@@H](NC(=O)N1Cc2c(Nc3ncnc4ccsc34)n[nH]c2C1(C)C)c1ccccc1. The molecule has 5 rings (SSSR count). The van der Waals surface area contributed by atoms with E-state index in [1.54, 1.807) is 17.7 Å². The Morgan fingerprint density at radius 1 is 1.21 bits per heavy atom. The summed E-state index contributed by atoms with van der Waals surface area (Å²) in [6.45, 7) is 5.21. The molecule has 2 amide bonds. The predicted octanol–water partition coefficient (Wildman–Crippen LogP) is 4.22. The number of rotatable bonds is 6. The minimum Gasteiger partial charge on any atom is -0.330 e. The van der Waals surface area contributed by atoms with Crippen LogP contribution in [-0.2, 0) is 12.1 Å². The highest BCUT2D eigenvalue weighted by Crippen LogP contribution is 2.41. The van der Waals surface area contributed by atoms with Crippen molar-refractivity contribution in [2.45, 2.75) is 32.0 Å². The van der Waals surface area contributed by atoms with Crippen LogP contribution in [-0.4, -0.2) is 56.6 Å². The number of hydrogen-bond acceptors (Lipinski definition) is 7. The number of aromatic amines is 1. The van der Waals surface area contributed by atoms with Crippen molar-refractivity contribution in [1.29, 1.82) is 0 Å². The Kier molecular flexibility index (Phi) is 5.70. The molecule has 0 saturated carbocycles. The fraction of sp³-hybridized carbons (Fsp3) is 0.333. The van der Waals surface area contributed by atoms with Gasteiger partial charge in [-0.1, -0.05) is 30.3 Å². The molecule has 34 heavy (non-hydrogen) atoms. The van der Waals surface area contributed by atoms with Gasteiger partial charge < -0.3 is 20.4 Å². The number of carbonyl (C=O) groups is 1. The predicted molar refractivity (Wildman–Crippen MR) is 134 cm³/mol. The van der Waals surface area contributed by atoms with Gasteiger partial charge in [-0.25, -0.2) is 14.8 Å². The number of anilines is 2. The van der Waals surface area contributed by atoms with E-state index in [4.69, 9.17) is 0 Å². The van der Waals surface area contributed by atoms with E-state index < -0.39 is 5.54 Å². The lowest BCUT2D eigenvalue weighted by atomic mass is 10.0. The van der Waals surface area contributed by atoms with Gasteiger partial charge in [0.15, 0.2) is 11.6 Å². The molecule has 1 atom stereocenters. The van der Waals surface area contributed by atoms with Gasteiger partial charge in [0.2, 0.25) is 0 Å². The van der Waals surface area contributed by atoms with Crippen molar-refractivity contribution >= 4 is 39.2 Å². The van der Waals surface area contributed by atoms with Crippen molar-refractivity contribution in [3.63, 3.8) is 0 Å². The van der Waals surface area contributed by atoms with Crippen molar-refractivity contribution in [3.8, 4) is 0 Å². The zero-order valence-corrected chi connectivity index (χ0v) is 20.5. The van der Waals surface area contributed by atoms with E-state index in [1.807, 2.05) is 74.6 Å². The summed E-state index contributed by atoms with van der Waals surface area (Å²) in [4.78, 5) is 26.2. The molecule has 3 aromatic heterocycles. The molecule has 1 aliphatic rings. The number of hydrogen-bond donors (Lipinski definition) is 3. The van der Waals surface area contributed by atoms with Crippen LogP contribution in [0.1, 0.15) is 36.7 Å². The first-order valence-corrected chi connectivity index (χ1v) is 12.0. The summed E-state index contributed by atoms with van der Waals surface area (Å²) >= 11 is 1.58. The molecule has 4 heterocycles. The molecule has 1 aromatic carbocycles. The number of H-pyrrole nitrogens is 1. The minimum absolute atomic E-state index is 0.112. The number of thiophene rings is 1. The summed E-state index contributed by atoms with van der Waals surface area (Å²) in [6, 6.07) is 11.8. The zero-order valence-electron chi connectivity index (χ0n) is 19.7. The molecule has 4 aromatic rings. The molecule has 0 unspecified atom stereocenters. The highest BCUT2D eigenvalue weighted by molar-refractivity contribution is 7.17. The van der Waals surface area contributed by atoms with Crippen LogP contribution in [0.2, 0.25) is 0 Å². The number of benzene rings is 1. The van der Waals surface area contributed by atoms with Gasteiger partial charge in [0.1, 0.15) is 6.33 Å². The lowest BCUT2D eigenvalue weighted by molar-refractivity contribution is 0.138. The Hall–Kier alpha value is -3.50. The standard InChI is InChI=1S/C24H28N8OS/c1-24(2)20-16(21(30-29-20)28-22-19-17(10-11-34-19)25-14-26-22)12-32(24)23(33)27-18(13-31(3)4)15-8-6-5-7-9-15/h5-11,14,18H,12-13H2,1-4H3,(H,27,33)(H2,25,26,28,29,30)/t18-/m1/s1. The van der Waals surface area contributed by atoms with Crippen LogP contribution in [0.15, 0.2) is 48.1 Å². The van der Waals surface area contributed by atoms with Gasteiger partial charge in [0, 0.05) is 12.1 Å². The van der Waals surface area contributed by atoms with Crippen molar-refractivity contribution in [2.75, 3.05) is 26.0 Å². The average Bonchev–Trinajstić information content (AvgIpc) is 3.50. The molecule has 9 nitrogen and oxygen atoms in total. The maximum absolute atomic E-state index is 13.5. The fourth-order valence-corrected chi connectivity index (χ4v) is 5.24. The van der Waals surface area contributed by atoms with Gasteiger partial charge in [0.05, 0.1) is 34.0 Å². The van der Waals surface area contributed by atoms with Crippen molar-refractivity contribution in [1.82, 2.24) is 35.3 Å². The van der Waals surface area contributed by atoms with E-state index in [1.165, 1.54) is 0 Å².